The molecule has 2 aromatic carbocycles. The van der Waals surface area contributed by atoms with E-state index in [1.165, 1.54) is 12.1 Å². The second kappa shape index (κ2) is 7.46. The van der Waals surface area contributed by atoms with Crippen LogP contribution in [0.3, 0.4) is 0 Å². The number of rotatable bonds is 6. The fourth-order valence-electron chi connectivity index (χ4n) is 2.43. The molecule has 0 fully saturated rings. The van der Waals surface area contributed by atoms with Crippen LogP contribution in [0.4, 0.5) is 5.69 Å². The van der Waals surface area contributed by atoms with Gasteiger partial charge in [0, 0.05) is 5.92 Å². The smallest absolute Gasteiger partial charge is 0.246 e. The summed E-state index contributed by atoms with van der Waals surface area (Å²) >= 11 is 0. The monoisotopic (exact) mass is 348 g/mol. The Bertz CT molecular complexity index is 834. The van der Waals surface area contributed by atoms with Crippen molar-refractivity contribution in [3.8, 4) is 0 Å². The van der Waals surface area contributed by atoms with Crippen LogP contribution < -0.4 is 11.2 Å². The van der Waals surface area contributed by atoms with Crippen molar-refractivity contribution in [1.82, 2.24) is 5.48 Å². The summed E-state index contributed by atoms with van der Waals surface area (Å²) < 4.78 is 25.8. The molecule has 128 valence electrons. The molecule has 0 aliphatic carbocycles. The van der Waals surface area contributed by atoms with Crippen LogP contribution >= 0.6 is 0 Å². The van der Waals surface area contributed by atoms with Crippen LogP contribution in [0.15, 0.2) is 58.3 Å². The van der Waals surface area contributed by atoms with E-state index in [9.17, 15) is 13.2 Å². The van der Waals surface area contributed by atoms with Crippen LogP contribution in [0.25, 0.3) is 0 Å². The van der Waals surface area contributed by atoms with Gasteiger partial charge >= 0.3 is 0 Å². The highest BCUT2D eigenvalue weighted by Crippen LogP contribution is 2.29. The third-order valence-electron chi connectivity index (χ3n) is 3.88. The van der Waals surface area contributed by atoms with Crippen molar-refractivity contribution >= 4 is 21.4 Å². The van der Waals surface area contributed by atoms with E-state index in [1.807, 2.05) is 0 Å². The predicted molar refractivity (Wildman–Crippen MR) is 90.2 cm³/mol. The molecule has 0 spiro atoms. The van der Waals surface area contributed by atoms with Crippen LogP contribution in [-0.4, -0.2) is 19.5 Å². The van der Waals surface area contributed by atoms with Gasteiger partial charge in [-0.3, -0.25) is 10.0 Å². The molecule has 0 aliphatic rings. The number of benzene rings is 2. The molecule has 0 heterocycles. The fraction of sp³-hybridized carbons (Fsp3) is 0.235. The lowest BCUT2D eigenvalue weighted by atomic mass is 10.0. The van der Waals surface area contributed by atoms with Gasteiger partial charge in [0.05, 0.1) is 15.5 Å². The van der Waals surface area contributed by atoms with Crippen molar-refractivity contribution in [2.24, 2.45) is 5.92 Å². The zero-order chi connectivity index (χ0) is 17.7. The minimum Gasteiger partial charge on any atom is -0.398 e. The lowest BCUT2D eigenvalue weighted by Gasteiger charge is -2.14. The number of hydrogen-bond acceptors (Lipinski definition) is 5. The zero-order valence-corrected chi connectivity index (χ0v) is 14.1. The van der Waals surface area contributed by atoms with Crippen LogP contribution in [0.5, 0.6) is 0 Å². The summed E-state index contributed by atoms with van der Waals surface area (Å²) in [6, 6.07) is 13.0. The minimum atomic E-state index is -3.75. The molecule has 4 N–H and O–H groups in total. The predicted octanol–water partition coefficient (Wildman–Crippen LogP) is 2.18. The number of hydroxylamine groups is 1. The van der Waals surface area contributed by atoms with Gasteiger partial charge in [-0.25, -0.2) is 13.9 Å². The van der Waals surface area contributed by atoms with Crippen molar-refractivity contribution < 1.29 is 18.4 Å². The Morgan fingerprint density at radius 3 is 2.33 bits per heavy atom. The topological polar surface area (TPSA) is 109 Å². The zero-order valence-electron chi connectivity index (χ0n) is 13.3. The number of carbonyl (C=O) groups is 1. The van der Waals surface area contributed by atoms with E-state index in [0.717, 1.165) is 0 Å². The number of sulfone groups is 1. The van der Waals surface area contributed by atoms with Gasteiger partial charge in [0.1, 0.15) is 0 Å². The summed E-state index contributed by atoms with van der Waals surface area (Å²) in [5.41, 5.74) is 8.22. The molecule has 2 rings (SSSR count). The van der Waals surface area contributed by atoms with Gasteiger partial charge in [-0.15, -0.1) is 0 Å². The second-order valence-corrected chi connectivity index (χ2v) is 7.45. The largest absolute Gasteiger partial charge is 0.398 e. The van der Waals surface area contributed by atoms with Gasteiger partial charge < -0.3 is 5.73 Å². The molecule has 0 unspecified atom stereocenters. The molecular weight excluding hydrogens is 328 g/mol. The standard InChI is InChI=1S/C17H20N2O4S/c1-12(17(20)19-21)10-11-13-6-2-4-8-15(13)24(22,23)16-9-5-3-7-14(16)18/h2-9,12,21H,10-11,18H2,1H3,(H,19,20)/t12-/m1/s1. The molecule has 0 radical (unpaired) electrons. The summed E-state index contributed by atoms with van der Waals surface area (Å²) in [5, 5.41) is 8.66. The van der Waals surface area contributed by atoms with Crippen molar-refractivity contribution in [3.63, 3.8) is 0 Å². The molecule has 1 amide bonds. The molecule has 7 heteroatoms. The summed E-state index contributed by atoms with van der Waals surface area (Å²) in [6.45, 7) is 1.66. The van der Waals surface area contributed by atoms with Crippen LogP contribution in [0.2, 0.25) is 0 Å². The number of nitrogen functional groups attached to an aromatic ring is 1. The highest BCUT2D eigenvalue weighted by atomic mass is 32.2. The number of nitrogens with two attached hydrogens (primary N) is 1. The van der Waals surface area contributed by atoms with E-state index in [0.29, 0.717) is 18.4 Å². The average molecular weight is 348 g/mol. The van der Waals surface area contributed by atoms with E-state index in [-0.39, 0.29) is 15.5 Å². The maximum absolute atomic E-state index is 12.9. The van der Waals surface area contributed by atoms with Crippen molar-refractivity contribution in [2.75, 3.05) is 5.73 Å². The van der Waals surface area contributed by atoms with Gasteiger partial charge in [-0.2, -0.15) is 0 Å². The first-order chi connectivity index (χ1) is 11.4. The van der Waals surface area contributed by atoms with Gasteiger partial charge in [0.25, 0.3) is 0 Å². The quantitative estimate of drug-likeness (QED) is 0.421. The third kappa shape index (κ3) is 3.74. The second-order valence-electron chi connectivity index (χ2n) is 5.56. The van der Waals surface area contributed by atoms with Gasteiger partial charge in [0.2, 0.25) is 15.7 Å². The van der Waals surface area contributed by atoms with E-state index in [4.69, 9.17) is 10.9 Å². The Labute approximate surface area is 141 Å². The summed E-state index contributed by atoms with van der Waals surface area (Å²) in [5.74, 6) is -0.935. The lowest BCUT2D eigenvalue weighted by molar-refractivity contribution is -0.133. The van der Waals surface area contributed by atoms with E-state index >= 15 is 0 Å². The Kier molecular flexibility index (Phi) is 5.58. The average Bonchev–Trinajstić information content (AvgIpc) is 2.59. The van der Waals surface area contributed by atoms with Crippen LogP contribution in [0, 0.1) is 5.92 Å². The Morgan fingerprint density at radius 1 is 1.12 bits per heavy atom. The van der Waals surface area contributed by atoms with Crippen molar-refractivity contribution in [1.29, 1.82) is 0 Å². The first-order valence-corrected chi connectivity index (χ1v) is 8.97. The number of aryl methyl sites for hydroxylation is 1. The molecule has 0 saturated heterocycles. The Morgan fingerprint density at radius 2 is 1.71 bits per heavy atom. The number of carbonyl (C=O) groups excluding carboxylic acids is 1. The summed E-state index contributed by atoms with van der Waals surface area (Å²) in [6.07, 6.45) is 0.792. The van der Waals surface area contributed by atoms with Crippen LogP contribution in [-0.2, 0) is 21.1 Å². The SMILES string of the molecule is C[C@H](CCc1ccccc1S(=O)(=O)c1ccccc1N)C(=O)NO. The molecule has 0 saturated carbocycles. The molecule has 0 bridgehead atoms. The normalized spacial score (nSPS) is 12.6. The van der Waals surface area contributed by atoms with Crippen molar-refractivity contribution in [3.05, 3.63) is 54.1 Å². The fourth-order valence-corrected chi connectivity index (χ4v) is 4.08. The van der Waals surface area contributed by atoms with E-state index < -0.39 is 21.7 Å². The Balaban J connectivity index is 2.35. The lowest BCUT2D eigenvalue weighted by Crippen LogP contribution is -2.26. The molecule has 6 nitrogen and oxygen atoms in total. The highest BCUT2D eigenvalue weighted by Gasteiger charge is 2.23. The number of anilines is 1. The van der Waals surface area contributed by atoms with Gasteiger partial charge in [-0.05, 0) is 36.6 Å². The molecule has 0 aliphatic heterocycles. The molecule has 24 heavy (non-hydrogen) atoms. The number of amides is 1. The van der Waals surface area contributed by atoms with Gasteiger partial charge in [0.15, 0.2) is 0 Å². The highest BCUT2D eigenvalue weighted by molar-refractivity contribution is 7.91. The number of nitrogens with one attached hydrogen (secondary N) is 1. The van der Waals surface area contributed by atoms with E-state index in [2.05, 4.69) is 0 Å². The summed E-state index contributed by atoms with van der Waals surface area (Å²) in [7, 11) is -3.75. The molecular formula is C17H20N2O4S. The number of para-hydroxylation sites is 1. The molecule has 1 atom stereocenters. The molecule has 0 aromatic heterocycles. The first-order valence-electron chi connectivity index (χ1n) is 7.49. The van der Waals surface area contributed by atoms with Gasteiger partial charge in [-0.1, -0.05) is 37.3 Å². The molecule has 2 aromatic rings. The number of hydrogen-bond donors (Lipinski definition) is 3. The Hall–Kier alpha value is -2.38. The third-order valence-corrected chi connectivity index (χ3v) is 5.80. The maximum atomic E-state index is 12.9. The minimum absolute atomic E-state index is 0.0681. The summed E-state index contributed by atoms with van der Waals surface area (Å²) in [4.78, 5) is 11.6. The maximum Gasteiger partial charge on any atom is 0.246 e. The van der Waals surface area contributed by atoms with Crippen LogP contribution in [0.1, 0.15) is 18.9 Å². The van der Waals surface area contributed by atoms with Crippen molar-refractivity contribution in [2.45, 2.75) is 29.6 Å². The first kappa shape index (κ1) is 18.0. The van der Waals surface area contributed by atoms with E-state index in [1.54, 1.807) is 48.8 Å².